The quantitative estimate of drug-likeness (QED) is 0.793. The molecule has 0 N–H and O–H groups in total. The Hall–Kier alpha value is -0.860. The number of benzene rings is 1. The summed E-state index contributed by atoms with van der Waals surface area (Å²) in [5.41, 5.74) is 1.41. The summed E-state index contributed by atoms with van der Waals surface area (Å²) in [4.78, 5) is 2.57. The Morgan fingerprint density at radius 1 is 1.29 bits per heavy atom. The topological polar surface area (TPSA) is 12.5 Å². The highest BCUT2D eigenvalue weighted by Crippen LogP contribution is 2.18. The monoisotopic (exact) mass is 233 g/mol. The van der Waals surface area contributed by atoms with Crippen molar-refractivity contribution in [2.24, 2.45) is 5.92 Å². The van der Waals surface area contributed by atoms with Crippen LogP contribution >= 0.6 is 0 Å². The Morgan fingerprint density at radius 2 is 2.06 bits per heavy atom. The smallest absolute Gasteiger partial charge is 0.0622 e. The van der Waals surface area contributed by atoms with Crippen LogP contribution in [0.5, 0.6) is 0 Å². The van der Waals surface area contributed by atoms with Crippen molar-refractivity contribution in [2.45, 2.75) is 32.9 Å². The van der Waals surface area contributed by atoms with Gasteiger partial charge in [-0.25, -0.2) is 0 Å². The van der Waals surface area contributed by atoms with Crippen molar-refractivity contribution < 1.29 is 4.74 Å². The molecule has 0 aromatic heterocycles. The first-order valence-corrected chi connectivity index (χ1v) is 6.61. The third-order valence-electron chi connectivity index (χ3n) is 3.32. The molecular weight excluding hydrogens is 210 g/mol. The molecule has 1 fully saturated rings. The summed E-state index contributed by atoms with van der Waals surface area (Å²) < 4.78 is 5.61. The fraction of sp³-hybridized carbons (Fsp3) is 0.600. The van der Waals surface area contributed by atoms with Crippen LogP contribution in [-0.4, -0.2) is 30.7 Å². The first kappa shape index (κ1) is 12.6. The Balaban J connectivity index is 1.96. The van der Waals surface area contributed by atoms with Crippen LogP contribution in [0.1, 0.15) is 25.8 Å². The Labute approximate surface area is 105 Å². The summed E-state index contributed by atoms with van der Waals surface area (Å²) in [5, 5.41) is 0. The zero-order valence-corrected chi connectivity index (χ0v) is 10.9. The van der Waals surface area contributed by atoms with E-state index < -0.39 is 0 Å². The highest BCUT2D eigenvalue weighted by atomic mass is 16.5. The van der Waals surface area contributed by atoms with Crippen molar-refractivity contribution in [3.8, 4) is 0 Å². The molecule has 1 aliphatic rings. The zero-order chi connectivity index (χ0) is 12.1. The summed E-state index contributed by atoms with van der Waals surface area (Å²) in [6.07, 6.45) is 1.23. The summed E-state index contributed by atoms with van der Waals surface area (Å²) in [5.74, 6) is 0.736. The highest BCUT2D eigenvalue weighted by molar-refractivity contribution is 5.14. The Morgan fingerprint density at radius 3 is 2.76 bits per heavy atom. The van der Waals surface area contributed by atoms with Crippen molar-refractivity contribution in [2.75, 3.05) is 19.8 Å². The molecule has 2 heteroatoms. The molecule has 1 saturated heterocycles. The van der Waals surface area contributed by atoms with Gasteiger partial charge in [-0.2, -0.15) is 0 Å². The maximum atomic E-state index is 5.61. The Kier molecular flexibility index (Phi) is 4.57. The molecule has 1 unspecified atom stereocenters. The van der Waals surface area contributed by atoms with E-state index in [1.165, 1.54) is 12.0 Å². The number of ether oxygens (including phenoxy) is 1. The lowest BCUT2D eigenvalue weighted by molar-refractivity contribution is -0.0186. The summed E-state index contributed by atoms with van der Waals surface area (Å²) in [6.45, 7) is 8.46. The lowest BCUT2D eigenvalue weighted by Gasteiger charge is -2.36. The summed E-state index contributed by atoms with van der Waals surface area (Å²) in [6, 6.07) is 11.3. The second kappa shape index (κ2) is 6.18. The van der Waals surface area contributed by atoms with Crippen LogP contribution in [0, 0.1) is 5.92 Å². The van der Waals surface area contributed by atoms with E-state index in [1.807, 2.05) is 0 Å². The van der Waals surface area contributed by atoms with E-state index in [4.69, 9.17) is 4.74 Å². The van der Waals surface area contributed by atoms with Gasteiger partial charge in [-0.05, 0) is 17.9 Å². The summed E-state index contributed by atoms with van der Waals surface area (Å²) in [7, 11) is 0. The van der Waals surface area contributed by atoms with Crippen molar-refractivity contribution in [1.82, 2.24) is 4.90 Å². The maximum Gasteiger partial charge on any atom is 0.0622 e. The fourth-order valence-electron chi connectivity index (χ4n) is 2.48. The molecule has 0 aliphatic carbocycles. The third-order valence-corrected chi connectivity index (χ3v) is 3.32. The molecule has 0 saturated carbocycles. The van der Waals surface area contributed by atoms with Gasteiger partial charge in [0.15, 0.2) is 0 Å². The van der Waals surface area contributed by atoms with Crippen LogP contribution in [0.2, 0.25) is 0 Å². The van der Waals surface area contributed by atoms with Gasteiger partial charge in [0.05, 0.1) is 13.2 Å². The molecule has 1 aromatic carbocycles. The number of hydrogen-bond donors (Lipinski definition) is 0. The van der Waals surface area contributed by atoms with Gasteiger partial charge < -0.3 is 4.74 Å². The molecule has 17 heavy (non-hydrogen) atoms. The number of nitrogens with zero attached hydrogens (tertiary/aromatic N) is 1. The fourth-order valence-corrected chi connectivity index (χ4v) is 2.48. The predicted octanol–water partition coefficient (Wildman–Crippen LogP) is 2.93. The molecule has 0 bridgehead atoms. The van der Waals surface area contributed by atoms with Gasteiger partial charge in [-0.15, -0.1) is 0 Å². The zero-order valence-electron chi connectivity index (χ0n) is 10.9. The second-order valence-electron chi connectivity index (χ2n) is 5.31. The first-order chi connectivity index (χ1) is 8.25. The van der Waals surface area contributed by atoms with Crippen molar-refractivity contribution in [3.63, 3.8) is 0 Å². The van der Waals surface area contributed by atoms with Gasteiger partial charge in [-0.1, -0.05) is 44.2 Å². The van der Waals surface area contributed by atoms with Gasteiger partial charge in [0, 0.05) is 19.1 Å². The maximum absolute atomic E-state index is 5.61. The lowest BCUT2D eigenvalue weighted by atomic mass is 10.0. The molecule has 1 aliphatic heterocycles. The van der Waals surface area contributed by atoms with Crippen LogP contribution in [0.25, 0.3) is 0 Å². The molecule has 1 atom stereocenters. The largest absolute Gasteiger partial charge is 0.378 e. The lowest BCUT2D eigenvalue weighted by Crippen LogP contribution is -2.45. The van der Waals surface area contributed by atoms with Crippen LogP contribution in [-0.2, 0) is 11.3 Å². The van der Waals surface area contributed by atoms with Gasteiger partial charge in [-0.3, -0.25) is 4.90 Å². The molecule has 0 spiro atoms. The molecular formula is C15H23NO. The minimum Gasteiger partial charge on any atom is -0.378 e. The van der Waals surface area contributed by atoms with E-state index in [0.717, 1.165) is 32.2 Å². The number of rotatable bonds is 4. The normalized spacial score (nSPS) is 21.9. The molecule has 2 rings (SSSR count). The van der Waals surface area contributed by atoms with Gasteiger partial charge in [0.2, 0.25) is 0 Å². The third kappa shape index (κ3) is 3.83. The summed E-state index contributed by atoms with van der Waals surface area (Å²) >= 11 is 0. The predicted molar refractivity (Wildman–Crippen MR) is 70.9 cm³/mol. The van der Waals surface area contributed by atoms with Crippen LogP contribution in [0.3, 0.4) is 0 Å². The van der Waals surface area contributed by atoms with Crippen LogP contribution in [0.15, 0.2) is 30.3 Å². The molecule has 0 amide bonds. The van der Waals surface area contributed by atoms with Crippen LogP contribution < -0.4 is 0 Å². The van der Waals surface area contributed by atoms with Gasteiger partial charge >= 0.3 is 0 Å². The molecule has 1 aromatic rings. The van der Waals surface area contributed by atoms with Crippen LogP contribution in [0.4, 0.5) is 0 Å². The number of morpholine rings is 1. The highest BCUT2D eigenvalue weighted by Gasteiger charge is 2.23. The molecule has 2 nitrogen and oxygen atoms in total. The van der Waals surface area contributed by atoms with Gasteiger partial charge in [0.25, 0.3) is 0 Å². The molecule has 0 radical (unpaired) electrons. The number of hydrogen-bond acceptors (Lipinski definition) is 2. The average molecular weight is 233 g/mol. The molecule has 94 valence electrons. The first-order valence-electron chi connectivity index (χ1n) is 6.61. The Bertz CT molecular complexity index is 323. The van der Waals surface area contributed by atoms with E-state index in [9.17, 15) is 0 Å². The molecule has 1 heterocycles. The van der Waals surface area contributed by atoms with E-state index in [1.54, 1.807) is 0 Å². The van der Waals surface area contributed by atoms with E-state index >= 15 is 0 Å². The van der Waals surface area contributed by atoms with Crippen molar-refractivity contribution >= 4 is 0 Å². The van der Waals surface area contributed by atoms with E-state index in [0.29, 0.717) is 6.04 Å². The second-order valence-corrected chi connectivity index (χ2v) is 5.31. The SMILES string of the molecule is CC(C)CC1COCCN1Cc1ccccc1. The average Bonchev–Trinajstić information content (AvgIpc) is 2.32. The van der Waals surface area contributed by atoms with Crippen molar-refractivity contribution in [3.05, 3.63) is 35.9 Å². The minimum absolute atomic E-state index is 0.587. The van der Waals surface area contributed by atoms with Gasteiger partial charge in [0.1, 0.15) is 0 Å². The standard InChI is InChI=1S/C15H23NO/c1-13(2)10-15-12-17-9-8-16(15)11-14-6-4-3-5-7-14/h3-7,13,15H,8-12H2,1-2H3. The van der Waals surface area contributed by atoms with Crippen molar-refractivity contribution in [1.29, 1.82) is 0 Å². The van der Waals surface area contributed by atoms with E-state index in [-0.39, 0.29) is 0 Å². The minimum atomic E-state index is 0.587. The van der Waals surface area contributed by atoms with E-state index in [2.05, 4.69) is 49.1 Å².